The minimum atomic E-state index is -1.43. The Morgan fingerprint density at radius 1 is 1.40 bits per heavy atom. The zero-order valence-electron chi connectivity index (χ0n) is 8.21. The van der Waals surface area contributed by atoms with Crippen LogP contribution in [0.15, 0.2) is 24.3 Å². The molecule has 0 bridgehead atoms. The molecule has 5 heteroatoms. The minimum absolute atomic E-state index is 0.135. The predicted octanol–water partition coefficient (Wildman–Crippen LogP) is 1.11. The van der Waals surface area contributed by atoms with Crippen LogP contribution in [-0.2, 0) is 21.3 Å². The Kier molecular flexibility index (Phi) is 3.85. The number of aliphatic carboxylic acids is 1. The van der Waals surface area contributed by atoms with Gasteiger partial charge in [0, 0.05) is 16.6 Å². The summed E-state index contributed by atoms with van der Waals surface area (Å²) in [6.07, 6.45) is 0. The van der Waals surface area contributed by atoms with E-state index in [4.69, 9.17) is 10.2 Å². The van der Waals surface area contributed by atoms with Gasteiger partial charge in [0.15, 0.2) is 0 Å². The van der Waals surface area contributed by atoms with Crippen LogP contribution in [0.2, 0.25) is 0 Å². The van der Waals surface area contributed by atoms with Gasteiger partial charge in [-0.3, -0.25) is 9.00 Å². The van der Waals surface area contributed by atoms with Gasteiger partial charge in [0.25, 0.3) is 0 Å². The quantitative estimate of drug-likeness (QED) is 0.809. The van der Waals surface area contributed by atoms with Gasteiger partial charge in [-0.25, -0.2) is 0 Å². The van der Waals surface area contributed by atoms with Crippen molar-refractivity contribution in [1.29, 1.82) is 0 Å². The third-order valence-electron chi connectivity index (χ3n) is 1.99. The first-order chi connectivity index (χ1) is 7.00. The van der Waals surface area contributed by atoms with E-state index in [0.717, 1.165) is 5.56 Å². The number of rotatable bonds is 4. The van der Waals surface area contributed by atoms with E-state index >= 15 is 0 Å². The van der Waals surface area contributed by atoms with E-state index in [-0.39, 0.29) is 11.5 Å². The molecule has 0 amide bonds. The van der Waals surface area contributed by atoms with Crippen LogP contribution in [-0.4, -0.2) is 25.6 Å². The van der Waals surface area contributed by atoms with E-state index in [1.165, 1.54) is 19.1 Å². The summed E-state index contributed by atoms with van der Waals surface area (Å²) in [6.45, 7) is 1.42. The van der Waals surface area contributed by atoms with Gasteiger partial charge in [0.05, 0.1) is 0 Å². The van der Waals surface area contributed by atoms with Crippen LogP contribution >= 0.6 is 0 Å². The number of hydrogen-bond acceptors (Lipinski definition) is 3. The van der Waals surface area contributed by atoms with E-state index in [9.17, 15) is 9.00 Å². The summed E-state index contributed by atoms with van der Waals surface area (Å²) in [5.74, 6) is -0.740. The smallest absolute Gasteiger partial charge is 0.318 e. The number of carbonyl (C=O) groups is 1. The average Bonchev–Trinajstić information content (AvgIpc) is 2.20. The molecule has 0 saturated heterocycles. The molecule has 2 atom stereocenters. The summed E-state index contributed by atoms with van der Waals surface area (Å²) in [4.78, 5) is 10.6. The first-order valence-corrected chi connectivity index (χ1v) is 5.77. The largest absolute Gasteiger partial charge is 0.508 e. The standard InChI is InChI=1S/C10H12O4S/c1-7(10(12)13)15(14)6-8-2-4-9(11)5-3-8/h2-5,7,11H,6H2,1H3,(H,12,13). The Hall–Kier alpha value is -1.36. The maximum atomic E-state index is 11.5. The summed E-state index contributed by atoms with van der Waals surface area (Å²) in [6, 6.07) is 6.22. The van der Waals surface area contributed by atoms with Gasteiger partial charge in [-0.1, -0.05) is 12.1 Å². The molecule has 15 heavy (non-hydrogen) atoms. The molecule has 0 aromatic heterocycles. The lowest BCUT2D eigenvalue weighted by Gasteiger charge is -2.06. The van der Waals surface area contributed by atoms with E-state index in [1.54, 1.807) is 12.1 Å². The maximum Gasteiger partial charge on any atom is 0.318 e. The summed E-state index contributed by atoms with van der Waals surface area (Å²) < 4.78 is 11.5. The first-order valence-electron chi connectivity index (χ1n) is 4.38. The molecule has 0 heterocycles. The second-order valence-electron chi connectivity index (χ2n) is 3.17. The molecule has 4 nitrogen and oxygen atoms in total. The highest BCUT2D eigenvalue weighted by atomic mass is 32.2. The molecule has 1 aromatic rings. The third kappa shape index (κ3) is 3.36. The van der Waals surface area contributed by atoms with Crippen molar-refractivity contribution < 1.29 is 19.2 Å². The van der Waals surface area contributed by atoms with Gasteiger partial charge in [0.1, 0.15) is 11.0 Å². The maximum absolute atomic E-state index is 11.5. The Labute approximate surface area is 90.0 Å². The number of phenols is 1. The highest BCUT2D eigenvalue weighted by Crippen LogP contribution is 2.12. The van der Waals surface area contributed by atoms with E-state index < -0.39 is 22.0 Å². The first kappa shape index (κ1) is 11.7. The van der Waals surface area contributed by atoms with Gasteiger partial charge in [-0.2, -0.15) is 0 Å². The molecule has 2 N–H and O–H groups in total. The fourth-order valence-electron chi connectivity index (χ4n) is 0.994. The highest BCUT2D eigenvalue weighted by molar-refractivity contribution is 7.85. The van der Waals surface area contributed by atoms with Crippen LogP contribution in [0, 0.1) is 0 Å². The van der Waals surface area contributed by atoms with Gasteiger partial charge >= 0.3 is 5.97 Å². The highest BCUT2D eigenvalue weighted by Gasteiger charge is 2.18. The van der Waals surface area contributed by atoms with Gasteiger partial charge in [-0.05, 0) is 24.6 Å². The molecule has 0 aliphatic carbocycles. The van der Waals surface area contributed by atoms with Gasteiger partial charge in [0.2, 0.25) is 0 Å². The van der Waals surface area contributed by atoms with Crippen LogP contribution in [0.5, 0.6) is 5.75 Å². The molecule has 2 unspecified atom stereocenters. The van der Waals surface area contributed by atoms with Crippen molar-refractivity contribution in [2.45, 2.75) is 17.9 Å². The lowest BCUT2D eigenvalue weighted by molar-refractivity contribution is -0.136. The summed E-state index contributed by atoms with van der Waals surface area (Å²) >= 11 is 0. The summed E-state index contributed by atoms with van der Waals surface area (Å²) in [5.41, 5.74) is 0.749. The molecule has 1 aromatic carbocycles. The number of aromatic hydroxyl groups is 1. The zero-order valence-corrected chi connectivity index (χ0v) is 9.03. The molecule has 0 aliphatic heterocycles. The van der Waals surface area contributed by atoms with Crippen LogP contribution in [0.4, 0.5) is 0 Å². The van der Waals surface area contributed by atoms with E-state index in [1.807, 2.05) is 0 Å². The fourth-order valence-corrected chi connectivity index (χ4v) is 1.99. The third-order valence-corrected chi connectivity index (χ3v) is 3.60. The number of carboxylic acids is 1. The van der Waals surface area contributed by atoms with Crippen molar-refractivity contribution in [2.24, 2.45) is 0 Å². The Bertz CT molecular complexity index is 372. The fraction of sp³-hybridized carbons (Fsp3) is 0.300. The zero-order chi connectivity index (χ0) is 11.4. The van der Waals surface area contributed by atoms with Crippen LogP contribution in [0.1, 0.15) is 12.5 Å². The molecule has 82 valence electrons. The molecule has 0 aliphatic rings. The lowest BCUT2D eigenvalue weighted by Crippen LogP contribution is -2.22. The molecule has 0 radical (unpaired) electrons. The second kappa shape index (κ2) is 4.93. The normalized spacial score (nSPS) is 14.5. The van der Waals surface area contributed by atoms with Crippen molar-refractivity contribution >= 4 is 16.8 Å². The van der Waals surface area contributed by atoms with E-state index in [2.05, 4.69) is 0 Å². The SMILES string of the molecule is CC(C(=O)O)S(=O)Cc1ccc(O)cc1. The minimum Gasteiger partial charge on any atom is -0.508 e. The second-order valence-corrected chi connectivity index (χ2v) is 4.93. The topological polar surface area (TPSA) is 74.6 Å². The molecule has 0 fully saturated rings. The molecular weight excluding hydrogens is 216 g/mol. The molecule has 0 spiro atoms. The Balaban J connectivity index is 2.66. The van der Waals surface area contributed by atoms with Crippen LogP contribution in [0.25, 0.3) is 0 Å². The van der Waals surface area contributed by atoms with Crippen molar-refractivity contribution in [3.8, 4) is 5.75 Å². The number of hydrogen-bond donors (Lipinski definition) is 2. The lowest BCUT2D eigenvalue weighted by atomic mass is 10.2. The summed E-state index contributed by atoms with van der Waals surface area (Å²) in [5, 5.41) is 16.8. The molecular formula is C10H12O4S. The van der Waals surface area contributed by atoms with Crippen molar-refractivity contribution in [3.63, 3.8) is 0 Å². The van der Waals surface area contributed by atoms with Crippen molar-refractivity contribution in [3.05, 3.63) is 29.8 Å². The molecule has 1 rings (SSSR count). The predicted molar refractivity (Wildman–Crippen MR) is 57.1 cm³/mol. The van der Waals surface area contributed by atoms with Crippen LogP contribution < -0.4 is 0 Å². The number of carboxylic acid groups (broad SMARTS) is 1. The monoisotopic (exact) mass is 228 g/mol. The van der Waals surface area contributed by atoms with E-state index in [0.29, 0.717) is 0 Å². The Morgan fingerprint density at radius 2 is 1.93 bits per heavy atom. The van der Waals surface area contributed by atoms with Crippen LogP contribution in [0.3, 0.4) is 0 Å². The average molecular weight is 228 g/mol. The van der Waals surface area contributed by atoms with Gasteiger partial charge < -0.3 is 10.2 Å². The number of benzene rings is 1. The van der Waals surface area contributed by atoms with Crippen molar-refractivity contribution in [1.82, 2.24) is 0 Å². The Morgan fingerprint density at radius 3 is 2.40 bits per heavy atom. The van der Waals surface area contributed by atoms with Crippen molar-refractivity contribution in [2.75, 3.05) is 0 Å². The number of phenolic OH excluding ortho intramolecular Hbond substituents is 1. The van der Waals surface area contributed by atoms with Gasteiger partial charge in [-0.15, -0.1) is 0 Å². The molecule has 0 saturated carbocycles. The summed E-state index contributed by atoms with van der Waals surface area (Å²) in [7, 11) is -1.43.